The number of hydrogen-bond donors (Lipinski definition) is 0. The Morgan fingerprint density at radius 3 is 2.93 bits per heavy atom. The largest absolute Gasteiger partial charge is 0.466 e. The minimum Gasteiger partial charge on any atom is -0.466 e. The van der Waals surface area contributed by atoms with Crippen molar-refractivity contribution in [3.05, 3.63) is 0 Å². The van der Waals surface area contributed by atoms with Crippen molar-refractivity contribution >= 4 is 5.97 Å². The van der Waals surface area contributed by atoms with Gasteiger partial charge >= 0.3 is 5.97 Å². The summed E-state index contributed by atoms with van der Waals surface area (Å²) < 4.78 is 4.93. The summed E-state index contributed by atoms with van der Waals surface area (Å²) in [5, 5.41) is 9.16. The maximum Gasteiger partial charge on any atom is 0.306 e. The van der Waals surface area contributed by atoms with E-state index in [1.165, 1.54) is 0 Å². The molecule has 1 rings (SSSR count). The fourth-order valence-corrected chi connectivity index (χ4v) is 2.30. The molecule has 1 aliphatic carbocycles. The minimum absolute atomic E-state index is 0.161. The number of nitrogens with zero attached hydrogens (tertiary/aromatic N) is 1. The Kier molecular flexibility index (Phi) is 4.14. The molecule has 0 aliphatic heterocycles. The van der Waals surface area contributed by atoms with E-state index in [1.54, 1.807) is 0 Å². The van der Waals surface area contributed by atoms with Gasteiger partial charge in [0.15, 0.2) is 0 Å². The summed E-state index contributed by atoms with van der Waals surface area (Å²) in [6.45, 7) is 4.20. The Bertz CT molecular complexity index is 269. The fourth-order valence-electron chi connectivity index (χ4n) is 2.30. The molecule has 1 fully saturated rings. The van der Waals surface area contributed by atoms with E-state index < -0.39 is 0 Å². The van der Waals surface area contributed by atoms with Crippen LogP contribution in [0.1, 0.15) is 46.0 Å². The maximum absolute atomic E-state index is 11.4. The molecule has 3 heteroatoms. The standard InChI is InChI=1S/C12H19NO2/c1-3-15-11(14)8-10-6-4-5-7-12(10,2)9-13/h10H,3-8H2,1-2H3/t10-,12-/m0/s1. The lowest BCUT2D eigenvalue weighted by atomic mass is 9.67. The Morgan fingerprint density at radius 2 is 2.33 bits per heavy atom. The maximum atomic E-state index is 11.4. The lowest BCUT2D eigenvalue weighted by molar-refractivity contribution is -0.145. The van der Waals surface area contributed by atoms with Crippen LogP contribution in [0.25, 0.3) is 0 Å². The summed E-state index contributed by atoms with van der Waals surface area (Å²) in [7, 11) is 0. The molecule has 0 aromatic carbocycles. The van der Waals surface area contributed by atoms with Gasteiger partial charge in [-0.15, -0.1) is 0 Å². The highest BCUT2D eigenvalue weighted by Crippen LogP contribution is 2.42. The van der Waals surface area contributed by atoms with Gasteiger partial charge in [0.2, 0.25) is 0 Å². The lowest BCUT2D eigenvalue weighted by Gasteiger charge is -2.35. The zero-order valence-electron chi connectivity index (χ0n) is 9.58. The first-order valence-electron chi connectivity index (χ1n) is 5.69. The van der Waals surface area contributed by atoms with Gasteiger partial charge in [-0.2, -0.15) is 5.26 Å². The molecule has 3 nitrogen and oxygen atoms in total. The second-order valence-corrected chi connectivity index (χ2v) is 4.48. The molecule has 1 aliphatic rings. The van der Waals surface area contributed by atoms with E-state index in [2.05, 4.69) is 6.07 Å². The van der Waals surface area contributed by atoms with Gasteiger partial charge in [0.1, 0.15) is 0 Å². The van der Waals surface area contributed by atoms with E-state index in [0.29, 0.717) is 13.0 Å². The summed E-state index contributed by atoms with van der Waals surface area (Å²) in [6, 6.07) is 2.37. The van der Waals surface area contributed by atoms with Crippen molar-refractivity contribution in [2.75, 3.05) is 6.61 Å². The van der Waals surface area contributed by atoms with Crippen LogP contribution in [0.3, 0.4) is 0 Å². The molecule has 0 aromatic heterocycles. The average Bonchev–Trinajstić information content (AvgIpc) is 2.22. The highest BCUT2D eigenvalue weighted by Gasteiger charge is 2.37. The number of nitriles is 1. The molecule has 0 amide bonds. The van der Waals surface area contributed by atoms with Crippen molar-refractivity contribution in [2.45, 2.75) is 46.0 Å². The van der Waals surface area contributed by atoms with Crippen LogP contribution in [0.15, 0.2) is 0 Å². The van der Waals surface area contributed by atoms with Crippen molar-refractivity contribution in [3.63, 3.8) is 0 Å². The quantitative estimate of drug-likeness (QED) is 0.671. The van der Waals surface area contributed by atoms with Crippen LogP contribution in [0.2, 0.25) is 0 Å². The topological polar surface area (TPSA) is 50.1 Å². The smallest absolute Gasteiger partial charge is 0.306 e. The zero-order valence-corrected chi connectivity index (χ0v) is 9.58. The van der Waals surface area contributed by atoms with Crippen LogP contribution in [-0.2, 0) is 9.53 Å². The molecule has 0 spiro atoms. The van der Waals surface area contributed by atoms with Crippen LogP contribution in [0.5, 0.6) is 0 Å². The molecule has 1 saturated carbocycles. The van der Waals surface area contributed by atoms with Crippen molar-refractivity contribution in [1.82, 2.24) is 0 Å². The summed E-state index contributed by atoms with van der Waals surface area (Å²) in [5.74, 6) is 0.0150. The number of hydrogen-bond acceptors (Lipinski definition) is 3. The van der Waals surface area contributed by atoms with Gasteiger partial charge in [-0.3, -0.25) is 4.79 Å². The third-order valence-corrected chi connectivity index (χ3v) is 3.37. The van der Waals surface area contributed by atoms with Crippen LogP contribution < -0.4 is 0 Å². The summed E-state index contributed by atoms with van der Waals surface area (Å²) in [5.41, 5.74) is -0.328. The number of carbonyl (C=O) groups excluding carboxylic acids is 1. The lowest BCUT2D eigenvalue weighted by Crippen LogP contribution is -2.31. The van der Waals surface area contributed by atoms with Gasteiger partial charge in [0.05, 0.1) is 18.1 Å². The van der Waals surface area contributed by atoms with Gasteiger partial charge in [-0.05, 0) is 32.6 Å². The summed E-state index contributed by atoms with van der Waals surface area (Å²) >= 11 is 0. The molecule has 0 radical (unpaired) electrons. The molecule has 2 atom stereocenters. The Balaban J connectivity index is 2.58. The predicted octanol–water partition coefficient (Wildman–Crippen LogP) is 2.66. The monoisotopic (exact) mass is 209 g/mol. The molecule has 0 unspecified atom stereocenters. The van der Waals surface area contributed by atoms with Gasteiger partial charge in [0, 0.05) is 6.42 Å². The summed E-state index contributed by atoms with van der Waals surface area (Å²) in [4.78, 5) is 11.4. The summed E-state index contributed by atoms with van der Waals surface area (Å²) in [6.07, 6.45) is 4.51. The number of carbonyl (C=O) groups is 1. The second kappa shape index (κ2) is 5.16. The van der Waals surface area contributed by atoms with Crippen LogP contribution in [0.4, 0.5) is 0 Å². The fraction of sp³-hybridized carbons (Fsp3) is 0.833. The van der Waals surface area contributed by atoms with Crippen LogP contribution in [0, 0.1) is 22.7 Å². The van der Waals surface area contributed by atoms with Crippen molar-refractivity contribution in [2.24, 2.45) is 11.3 Å². The number of esters is 1. The highest BCUT2D eigenvalue weighted by molar-refractivity contribution is 5.69. The zero-order chi connectivity index (χ0) is 11.3. The highest BCUT2D eigenvalue weighted by atomic mass is 16.5. The number of rotatable bonds is 3. The van der Waals surface area contributed by atoms with E-state index in [0.717, 1.165) is 25.7 Å². The molecule has 15 heavy (non-hydrogen) atoms. The molecule has 0 N–H and O–H groups in total. The van der Waals surface area contributed by atoms with Gasteiger partial charge in [-0.1, -0.05) is 12.8 Å². The SMILES string of the molecule is CCOC(=O)C[C@@H]1CCCC[C@@]1(C)C#N. The molecular weight excluding hydrogens is 190 g/mol. The minimum atomic E-state index is -0.328. The van der Waals surface area contributed by atoms with E-state index in [-0.39, 0.29) is 17.3 Å². The van der Waals surface area contributed by atoms with E-state index >= 15 is 0 Å². The molecule has 0 bridgehead atoms. The van der Waals surface area contributed by atoms with Crippen molar-refractivity contribution in [1.29, 1.82) is 5.26 Å². The van der Waals surface area contributed by atoms with Crippen molar-refractivity contribution in [3.8, 4) is 6.07 Å². The van der Waals surface area contributed by atoms with Gasteiger partial charge in [-0.25, -0.2) is 0 Å². The Morgan fingerprint density at radius 1 is 1.60 bits per heavy atom. The third-order valence-electron chi connectivity index (χ3n) is 3.37. The van der Waals surface area contributed by atoms with E-state index in [1.807, 2.05) is 13.8 Å². The first-order valence-corrected chi connectivity index (χ1v) is 5.69. The third kappa shape index (κ3) is 2.95. The van der Waals surface area contributed by atoms with E-state index in [4.69, 9.17) is 10.00 Å². The van der Waals surface area contributed by atoms with Gasteiger partial charge < -0.3 is 4.74 Å². The predicted molar refractivity (Wildman–Crippen MR) is 56.9 cm³/mol. The Labute approximate surface area is 91.4 Å². The van der Waals surface area contributed by atoms with E-state index in [9.17, 15) is 4.79 Å². The van der Waals surface area contributed by atoms with Gasteiger partial charge in [0.25, 0.3) is 0 Å². The molecule has 0 saturated heterocycles. The molecule has 84 valence electrons. The van der Waals surface area contributed by atoms with Crippen LogP contribution >= 0.6 is 0 Å². The van der Waals surface area contributed by atoms with Crippen LogP contribution in [-0.4, -0.2) is 12.6 Å². The Hall–Kier alpha value is -1.04. The molecule has 0 heterocycles. The normalized spacial score (nSPS) is 30.6. The number of ether oxygens (including phenoxy) is 1. The average molecular weight is 209 g/mol. The first kappa shape index (κ1) is 12.0. The molecule has 0 aromatic rings. The second-order valence-electron chi connectivity index (χ2n) is 4.48. The first-order chi connectivity index (χ1) is 7.12. The molecular formula is C12H19NO2. The van der Waals surface area contributed by atoms with Crippen molar-refractivity contribution < 1.29 is 9.53 Å².